The third-order valence-corrected chi connectivity index (χ3v) is 4.54. The fraction of sp³-hybridized carbons (Fsp3) is 0.118. The van der Waals surface area contributed by atoms with Gasteiger partial charge in [-0.1, -0.05) is 31.7 Å². The highest BCUT2D eigenvalue weighted by molar-refractivity contribution is 7.24. The normalized spacial score (nSPS) is 11.0. The van der Waals surface area contributed by atoms with Gasteiger partial charge in [-0.05, 0) is 41.8 Å². The maximum absolute atomic E-state index is 12.5. The summed E-state index contributed by atoms with van der Waals surface area (Å²) < 4.78 is 2.08. The van der Waals surface area contributed by atoms with Crippen LogP contribution < -0.4 is 5.43 Å². The molecule has 0 unspecified atom stereocenters. The van der Waals surface area contributed by atoms with Crippen LogP contribution in [0.3, 0.4) is 0 Å². The number of rotatable bonds is 2. The Balaban J connectivity index is 2.44. The summed E-state index contributed by atoms with van der Waals surface area (Å²) in [6.07, 6.45) is 2.76. The molecule has 3 aromatic rings. The number of fused-ring (bicyclic) bond motifs is 2. The van der Waals surface area contributed by atoms with E-state index in [0.717, 1.165) is 32.2 Å². The zero-order chi connectivity index (χ0) is 13.4. The Labute approximate surface area is 115 Å². The van der Waals surface area contributed by atoms with Crippen molar-refractivity contribution in [2.45, 2.75) is 13.3 Å². The highest BCUT2D eigenvalue weighted by Crippen LogP contribution is 2.26. The van der Waals surface area contributed by atoms with E-state index < -0.39 is 0 Å². The maximum atomic E-state index is 12.5. The molecule has 0 amide bonds. The van der Waals surface area contributed by atoms with Gasteiger partial charge in [0.15, 0.2) is 5.43 Å². The summed E-state index contributed by atoms with van der Waals surface area (Å²) in [5.41, 5.74) is 2.39. The van der Waals surface area contributed by atoms with E-state index in [1.165, 1.54) is 5.56 Å². The van der Waals surface area contributed by atoms with Crippen LogP contribution in [0, 0.1) is 0 Å². The van der Waals surface area contributed by atoms with Gasteiger partial charge >= 0.3 is 0 Å². The van der Waals surface area contributed by atoms with E-state index in [2.05, 4.69) is 25.6 Å². The molecule has 19 heavy (non-hydrogen) atoms. The molecule has 0 N–H and O–H groups in total. The number of aryl methyl sites for hydroxylation is 1. The first-order chi connectivity index (χ1) is 9.22. The smallest absolute Gasteiger partial charge is 0.195 e. The monoisotopic (exact) mass is 266 g/mol. The average molecular weight is 266 g/mol. The van der Waals surface area contributed by atoms with Gasteiger partial charge in [-0.15, -0.1) is 11.3 Å². The Hall–Kier alpha value is -1.93. The molecule has 0 atom stereocenters. The van der Waals surface area contributed by atoms with Crippen molar-refractivity contribution < 1.29 is 0 Å². The molecule has 0 aliphatic rings. The summed E-state index contributed by atoms with van der Waals surface area (Å²) in [5, 5.41) is 1.64. The minimum absolute atomic E-state index is 0.134. The lowest BCUT2D eigenvalue weighted by atomic mass is 10.1. The summed E-state index contributed by atoms with van der Waals surface area (Å²) in [7, 11) is 0. The first kappa shape index (κ1) is 12.1. The average Bonchev–Trinajstić information content (AvgIpc) is 2.46. The van der Waals surface area contributed by atoms with Crippen LogP contribution in [0.1, 0.15) is 18.1 Å². The van der Waals surface area contributed by atoms with Crippen molar-refractivity contribution in [1.29, 1.82) is 0 Å². The van der Waals surface area contributed by atoms with E-state index in [4.69, 9.17) is 0 Å². The van der Waals surface area contributed by atoms with Gasteiger partial charge in [-0.3, -0.25) is 4.79 Å². The van der Waals surface area contributed by atoms with Crippen LogP contribution >= 0.6 is 11.3 Å². The number of hydrogen-bond donors (Lipinski definition) is 0. The Bertz CT molecular complexity index is 843. The summed E-state index contributed by atoms with van der Waals surface area (Å²) in [5.74, 6) is 0. The molecule has 1 aromatic heterocycles. The Kier molecular flexibility index (Phi) is 2.96. The van der Waals surface area contributed by atoms with Gasteiger partial charge in [-0.2, -0.15) is 0 Å². The molecule has 2 heteroatoms. The first-order valence-corrected chi connectivity index (χ1v) is 7.16. The molecule has 0 saturated heterocycles. The fourth-order valence-electron chi connectivity index (χ4n) is 2.26. The minimum atomic E-state index is 0.134. The molecule has 2 aromatic carbocycles. The van der Waals surface area contributed by atoms with Crippen molar-refractivity contribution in [2.24, 2.45) is 0 Å². The summed E-state index contributed by atoms with van der Waals surface area (Å²) in [6.45, 7) is 5.88. The van der Waals surface area contributed by atoms with Crippen LogP contribution in [0.15, 0.2) is 47.8 Å². The van der Waals surface area contributed by atoms with Crippen LogP contribution in [-0.2, 0) is 6.42 Å². The lowest BCUT2D eigenvalue weighted by molar-refractivity contribution is 1.15. The highest BCUT2D eigenvalue weighted by atomic mass is 32.1. The zero-order valence-electron chi connectivity index (χ0n) is 10.8. The highest BCUT2D eigenvalue weighted by Gasteiger charge is 2.06. The predicted molar refractivity (Wildman–Crippen MR) is 85.1 cm³/mol. The summed E-state index contributed by atoms with van der Waals surface area (Å²) >= 11 is 1.67. The number of hydrogen-bond acceptors (Lipinski definition) is 2. The second-order valence-electron chi connectivity index (χ2n) is 4.57. The quantitative estimate of drug-likeness (QED) is 0.618. The molecule has 1 heterocycles. The third-order valence-electron chi connectivity index (χ3n) is 3.40. The summed E-state index contributed by atoms with van der Waals surface area (Å²) in [6, 6.07) is 12.1. The molecule has 1 nitrogen and oxygen atoms in total. The topological polar surface area (TPSA) is 17.1 Å². The maximum Gasteiger partial charge on any atom is 0.195 e. The lowest BCUT2D eigenvalue weighted by Gasteiger charge is -2.04. The predicted octanol–water partition coefficient (Wildman–Crippen LogP) is 4.62. The van der Waals surface area contributed by atoms with E-state index in [0.29, 0.717) is 0 Å². The van der Waals surface area contributed by atoms with Crippen molar-refractivity contribution in [3.05, 3.63) is 64.3 Å². The van der Waals surface area contributed by atoms with E-state index in [1.807, 2.05) is 24.3 Å². The van der Waals surface area contributed by atoms with Crippen LogP contribution in [0.25, 0.3) is 26.2 Å². The van der Waals surface area contributed by atoms with Crippen molar-refractivity contribution in [1.82, 2.24) is 0 Å². The minimum Gasteiger partial charge on any atom is -0.289 e. The molecule has 0 aliphatic heterocycles. The Morgan fingerprint density at radius 1 is 1.11 bits per heavy atom. The third kappa shape index (κ3) is 1.98. The van der Waals surface area contributed by atoms with E-state index in [1.54, 1.807) is 17.4 Å². The molecule has 3 rings (SSSR count). The van der Waals surface area contributed by atoms with Crippen molar-refractivity contribution in [3.8, 4) is 0 Å². The van der Waals surface area contributed by atoms with Gasteiger partial charge in [-0.25, -0.2) is 0 Å². The van der Waals surface area contributed by atoms with E-state index in [-0.39, 0.29) is 5.43 Å². The van der Waals surface area contributed by atoms with Crippen LogP contribution in [0.2, 0.25) is 0 Å². The Morgan fingerprint density at radius 3 is 2.68 bits per heavy atom. The second-order valence-corrected chi connectivity index (χ2v) is 5.66. The van der Waals surface area contributed by atoms with Gasteiger partial charge < -0.3 is 0 Å². The summed E-state index contributed by atoms with van der Waals surface area (Å²) in [4.78, 5) is 12.5. The first-order valence-electron chi connectivity index (χ1n) is 6.35. The lowest BCUT2D eigenvalue weighted by Crippen LogP contribution is -2.01. The van der Waals surface area contributed by atoms with Crippen LogP contribution in [-0.4, -0.2) is 0 Å². The van der Waals surface area contributed by atoms with Crippen molar-refractivity contribution in [3.63, 3.8) is 0 Å². The molecule has 0 aliphatic carbocycles. The number of benzene rings is 2. The standard InChI is InChI=1S/C17H14OS/c1-3-11-6-8-15-14(9-11)17(18)13-7-5-12(4-2)10-16(13)19-15/h4-10H,2-3H2,1H3. The Morgan fingerprint density at radius 2 is 1.95 bits per heavy atom. The molecule has 0 bridgehead atoms. The zero-order valence-corrected chi connectivity index (χ0v) is 11.6. The fourth-order valence-corrected chi connectivity index (χ4v) is 3.37. The van der Waals surface area contributed by atoms with Gasteiger partial charge in [0, 0.05) is 20.2 Å². The van der Waals surface area contributed by atoms with Crippen LogP contribution in [0.5, 0.6) is 0 Å². The van der Waals surface area contributed by atoms with Gasteiger partial charge in [0.25, 0.3) is 0 Å². The van der Waals surface area contributed by atoms with E-state index in [9.17, 15) is 4.79 Å². The molecule has 0 saturated carbocycles. The molecule has 0 radical (unpaired) electrons. The van der Waals surface area contributed by atoms with Crippen molar-refractivity contribution in [2.75, 3.05) is 0 Å². The molecular weight excluding hydrogens is 252 g/mol. The molecule has 94 valence electrons. The van der Waals surface area contributed by atoms with Crippen molar-refractivity contribution >= 4 is 37.6 Å². The molecule has 0 spiro atoms. The SMILES string of the molecule is C=Cc1ccc2c(=O)c3cc(CC)ccc3sc2c1. The largest absolute Gasteiger partial charge is 0.289 e. The van der Waals surface area contributed by atoms with Gasteiger partial charge in [0.05, 0.1) is 0 Å². The van der Waals surface area contributed by atoms with Gasteiger partial charge in [0.1, 0.15) is 0 Å². The van der Waals surface area contributed by atoms with Crippen LogP contribution in [0.4, 0.5) is 0 Å². The van der Waals surface area contributed by atoms with E-state index >= 15 is 0 Å². The second kappa shape index (κ2) is 4.63. The molecular formula is C17H14OS. The molecule has 0 fully saturated rings. The van der Waals surface area contributed by atoms with Gasteiger partial charge in [0.2, 0.25) is 0 Å².